The SMILES string of the molecule is c1ccc2c(c1)CCCCc1ccccc1-c1ccccc1-2. The lowest BCUT2D eigenvalue weighted by atomic mass is 9.86. The highest BCUT2D eigenvalue weighted by atomic mass is 14.2. The Bertz CT molecular complexity index is 730. The lowest BCUT2D eigenvalue weighted by molar-refractivity contribution is 0.735. The van der Waals surface area contributed by atoms with Crippen LogP contribution in [0.1, 0.15) is 24.0 Å². The zero-order valence-electron chi connectivity index (χ0n) is 12.8. The molecule has 4 rings (SSSR count). The van der Waals surface area contributed by atoms with Crippen LogP contribution in [0.4, 0.5) is 0 Å². The number of hydrogen-bond acceptors (Lipinski definition) is 0. The molecule has 22 heavy (non-hydrogen) atoms. The van der Waals surface area contributed by atoms with E-state index < -0.39 is 0 Å². The van der Waals surface area contributed by atoms with Crippen LogP contribution in [0.3, 0.4) is 0 Å². The maximum absolute atomic E-state index is 2.29. The van der Waals surface area contributed by atoms with E-state index in [9.17, 15) is 0 Å². The zero-order chi connectivity index (χ0) is 14.8. The summed E-state index contributed by atoms with van der Waals surface area (Å²) >= 11 is 0. The van der Waals surface area contributed by atoms with Crippen molar-refractivity contribution >= 4 is 0 Å². The van der Waals surface area contributed by atoms with Crippen LogP contribution in [0.15, 0.2) is 72.8 Å². The Morgan fingerprint density at radius 1 is 0.409 bits per heavy atom. The number of hydrogen-bond donors (Lipinski definition) is 0. The fourth-order valence-corrected chi connectivity index (χ4v) is 3.59. The molecule has 0 heteroatoms. The van der Waals surface area contributed by atoms with Crippen molar-refractivity contribution in [3.05, 3.63) is 83.9 Å². The van der Waals surface area contributed by atoms with Crippen LogP contribution in [-0.4, -0.2) is 0 Å². The molecular weight excluding hydrogens is 264 g/mol. The van der Waals surface area contributed by atoms with E-state index in [-0.39, 0.29) is 0 Å². The Morgan fingerprint density at radius 3 is 1.23 bits per heavy atom. The monoisotopic (exact) mass is 284 g/mol. The van der Waals surface area contributed by atoms with Gasteiger partial charge in [0.1, 0.15) is 0 Å². The van der Waals surface area contributed by atoms with Gasteiger partial charge in [0.2, 0.25) is 0 Å². The van der Waals surface area contributed by atoms with E-state index in [2.05, 4.69) is 72.8 Å². The molecule has 0 nitrogen and oxygen atoms in total. The van der Waals surface area contributed by atoms with Gasteiger partial charge in [-0.15, -0.1) is 0 Å². The van der Waals surface area contributed by atoms with E-state index >= 15 is 0 Å². The van der Waals surface area contributed by atoms with Gasteiger partial charge in [-0.2, -0.15) is 0 Å². The highest BCUT2D eigenvalue weighted by Crippen LogP contribution is 2.37. The van der Waals surface area contributed by atoms with Gasteiger partial charge < -0.3 is 0 Å². The predicted molar refractivity (Wildman–Crippen MR) is 94.0 cm³/mol. The molecule has 1 aliphatic carbocycles. The molecule has 0 N–H and O–H groups in total. The Labute approximate surface area is 132 Å². The van der Waals surface area contributed by atoms with E-state index in [0.717, 1.165) is 0 Å². The van der Waals surface area contributed by atoms with Crippen molar-refractivity contribution in [2.45, 2.75) is 25.7 Å². The first-order chi connectivity index (χ1) is 10.9. The standard InChI is InChI=1S/C22H20/c1-2-10-18-12-4-6-14-20(18)22-16-8-7-15-21(22)19-13-5-3-11-17(19)9-1/h3-8,11-16H,1-2,9-10H2. The molecule has 3 aromatic carbocycles. The fourth-order valence-electron chi connectivity index (χ4n) is 3.59. The van der Waals surface area contributed by atoms with Gasteiger partial charge in [-0.25, -0.2) is 0 Å². The third kappa shape index (κ3) is 2.35. The van der Waals surface area contributed by atoms with Crippen molar-refractivity contribution in [2.24, 2.45) is 0 Å². The van der Waals surface area contributed by atoms with Gasteiger partial charge >= 0.3 is 0 Å². The first-order valence-corrected chi connectivity index (χ1v) is 8.19. The smallest absolute Gasteiger partial charge is 0.0103 e. The molecule has 108 valence electrons. The van der Waals surface area contributed by atoms with Crippen LogP contribution in [0.2, 0.25) is 0 Å². The van der Waals surface area contributed by atoms with Crippen molar-refractivity contribution in [1.82, 2.24) is 0 Å². The molecule has 0 atom stereocenters. The van der Waals surface area contributed by atoms with Crippen molar-refractivity contribution in [3.8, 4) is 22.3 Å². The Balaban J connectivity index is 2.01. The molecular formula is C22H20. The van der Waals surface area contributed by atoms with Crippen LogP contribution >= 0.6 is 0 Å². The van der Waals surface area contributed by atoms with Crippen LogP contribution in [0.5, 0.6) is 0 Å². The quantitative estimate of drug-likeness (QED) is 0.482. The number of rotatable bonds is 0. The number of fused-ring (bicyclic) bond motifs is 5. The van der Waals surface area contributed by atoms with Crippen LogP contribution in [0, 0.1) is 0 Å². The predicted octanol–water partition coefficient (Wildman–Crippen LogP) is 5.90. The normalized spacial score (nSPS) is 13.6. The molecule has 0 saturated carbocycles. The zero-order valence-corrected chi connectivity index (χ0v) is 12.8. The van der Waals surface area contributed by atoms with E-state index in [4.69, 9.17) is 0 Å². The number of aryl methyl sites for hydroxylation is 2. The maximum atomic E-state index is 2.29. The second-order valence-electron chi connectivity index (χ2n) is 6.07. The van der Waals surface area contributed by atoms with Crippen molar-refractivity contribution in [1.29, 1.82) is 0 Å². The summed E-state index contributed by atoms with van der Waals surface area (Å²) < 4.78 is 0. The van der Waals surface area contributed by atoms with E-state index in [1.165, 1.54) is 59.1 Å². The third-order valence-corrected chi connectivity index (χ3v) is 4.68. The van der Waals surface area contributed by atoms with Gasteiger partial charge in [0.15, 0.2) is 0 Å². The minimum absolute atomic E-state index is 1.17. The molecule has 0 heterocycles. The molecule has 0 radical (unpaired) electrons. The maximum Gasteiger partial charge on any atom is -0.0103 e. The molecule has 1 aliphatic rings. The highest BCUT2D eigenvalue weighted by molar-refractivity contribution is 5.86. The van der Waals surface area contributed by atoms with Crippen LogP contribution in [-0.2, 0) is 12.8 Å². The molecule has 0 unspecified atom stereocenters. The van der Waals surface area contributed by atoms with Gasteiger partial charge in [0, 0.05) is 0 Å². The van der Waals surface area contributed by atoms with Crippen LogP contribution in [0.25, 0.3) is 22.3 Å². The average molecular weight is 284 g/mol. The molecule has 0 bridgehead atoms. The van der Waals surface area contributed by atoms with Gasteiger partial charge in [0.25, 0.3) is 0 Å². The first-order valence-electron chi connectivity index (χ1n) is 8.19. The van der Waals surface area contributed by atoms with Gasteiger partial charge in [0.05, 0.1) is 0 Å². The molecule has 0 aromatic heterocycles. The van der Waals surface area contributed by atoms with Crippen molar-refractivity contribution < 1.29 is 0 Å². The molecule has 0 amide bonds. The summed E-state index contributed by atoms with van der Waals surface area (Å²) in [5, 5.41) is 0. The lowest BCUT2D eigenvalue weighted by Gasteiger charge is -2.18. The summed E-state index contributed by atoms with van der Waals surface area (Å²) in [6.07, 6.45) is 4.86. The van der Waals surface area contributed by atoms with Crippen molar-refractivity contribution in [3.63, 3.8) is 0 Å². The fraction of sp³-hybridized carbons (Fsp3) is 0.182. The van der Waals surface area contributed by atoms with Gasteiger partial charge in [-0.05, 0) is 59.1 Å². The number of benzene rings is 3. The summed E-state index contributed by atoms with van der Waals surface area (Å²) in [6.45, 7) is 0. The summed E-state index contributed by atoms with van der Waals surface area (Å²) in [7, 11) is 0. The summed E-state index contributed by atoms with van der Waals surface area (Å²) in [5.41, 5.74) is 8.49. The van der Waals surface area contributed by atoms with Crippen LogP contribution < -0.4 is 0 Å². The minimum atomic E-state index is 1.17. The van der Waals surface area contributed by atoms with E-state index in [1.807, 2.05) is 0 Å². The van der Waals surface area contributed by atoms with Gasteiger partial charge in [-0.1, -0.05) is 72.8 Å². The summed E-state index contributed by atoms with van der Waals surface area (Å²) in [5.74, 6) is 0. The molecule has 0 saturated heterocycles. The summed E-state index contributed by atoms with van der Waals surface area (Å²) in [6, 6.07) is 26.6. The summed E-state index contributed by atoms with van der Waals surface area (Å²) in [4.78, 5) is 0. The Hall–Kier alpha value is -2.34. The third-order valence-electron chi connectivity index (χ3n) is 4.68. The molecule has 0 aliphatic heterocycles. The average Bonchev–Trinajstić information content (AvgIpc) is 2.59. The molecule has 3 aromatic rings. The van der Waals surface area contributed by atoms with Gasteiger partial charge in [-0.3, -0.25) is 0 Å². The molecule has 0 spiro atoms. The van der Waals surface area contributed by atoms with E-state index in [0.29, 0.717) is 0 Å². The Morgan fingerprint density at radius 2 is 0.773 bits per heavy atom. The lowest BCUT2D eigenvalue weighted by Crippen LogP contribution is -1.98. The highest BCUT2D eigenvalue weighted by Gasteiger charge is 2.14. The largest absolute Gasteiger partial charge is 0.0620 e. The van der Waals surface area contributed by atoms with E-state index in [1.54, 1.807) is 0 Å². The topological polar surface area (TPSA) is 0 Å². The second kappa shape index (κ2) is 5.81. The Kier molecular flexibility index (Phi) is 3.52. The first kappa shape index (κ1) is 13.3. The minimum Gasteiger partial charge on any atom is -0.0620 e. The second-order valence-corrected chi connectivity index (χ2v) is 6.07. The van der Waals surface area contributed by atoms with Crippen molar-refractivity contribution in [2.75, 3.05) is 0 Å². The molecule has 0 fully saturated rings.